The second kappa shape index (κ2) is 7.41. The number of carbonyl (C=O) groups excluding carboxylic acids is 1. The number of likely N-dealkylation sites (tertiary alicyclic amines) is 1. The minimum Gasteiger partial charge on any atom is -0.481 e. The van der Waals surface area contributed by atoms with E-state index < -0.39 is 5.97 Å². The molecule has 1 aliphatic rings. The quantitative estimate of drug-likeness (QED) is 0.828. The van der Waals surface area contributed by atoms with Crippen molar-refractivity contribution in [3.05, 3.63) is 40.4 Å². The van der Waals surface area contributed by atoms with Crippen molar-refractivity contribution < 1.29 is 14.7 Å². The van der Waals surface area contributed by atoms with Crippen LogP contribution in [0.3, 0.4) is 0 Å². The first-order valence-corrected chi connectivity index (χ1v) is 7.78. The molecule has 1 amide bonds. The van der Waals surface area contributed by atoms with Gasteiger partial charge in [-0.2, -0.15) is 0 Å². The van der Waals surface area contributed by atoms with E-state index in [-0.39, 0.29) is 12.3 Å². The van der Waals surface area contributed by atoms with Gasteiger partial charge in [0.1, 0.15) is 0 Å². The number of carboxylic acid groups (broad SMARTS) is 1. The average Bonchev–Trinajstić information content (AvgIpc) is 2.91. The van der Waals surface area contributed by atoms with Crippen LogP contribution >= 0.6 is 15.9 Å². The summed E-state index contributed by atoms with van der Waals surface area (Å²) in [5.41, 5.74) is 0.972. The Balaban J connectivity index is 1.85. The van der Waals surface area contributed by atoms with Gasteiger partial charge in [-0.3, -0.25) is 9.59 Å². The lowest BCUT2D eigenvalue weighted by Gasteiger charge is -2.14. The van der Waals surface area contributed by atoms with Gasteiger partial charge in [0.05, 0.1) is 0 Å². The molecule has 1 fully saturated rings. The van der Waals surface area contributed by atoms with Gasteiger partial charge in [0.25, 0.3) is 0 Å². The molecule has 1 N–H and O–H groups in total. The molecule has 0 radical (unpaired) electrons. The zero-order valence-corrected chi connectivity index (χ0v) is 13.3. The number of aliphatic carboxylic acids is 1. The number of benzene rings is 1. The van der Waals surface area contributed by atoms with E-state index in [2.05, 4.69) is 15.9 Å². The number of nitrogens with zero attached hydrogens (tertiary/aromatic N) is 1. The molecule has 0 saturated carbocycles. The normalized spacial score (nSPS) is 18.3. The van der Waals surface area contributed by atoms with Crippen LogP contribution in [0.2, 0.25) is 0 Å². The maximum Gasteiger partial charge on any atom is 0.303 e. The van der Waals surface area contributed by atoms with E-state index in [9.17, 15) is 9.59 Å². The number of carboxylic acids is 1. The third-order valence-electron chi connectivity index (χ3n) is 3.63. The molecule has 112 valence electrons. The minimum absolute atomic E-state index is 0.00667. The van der Waals surface area contributed by atoms with Gasteiger partial charge in [0.15, 0.2) is 0 Å². The maximum atomic E-state index is 12.1. The van der Waals surface area contributed by atoms with Crippen LogP contribution in [-0.4, -0.2) is 35.0 Å². The Morgan fingerprint density at radius 2 is 2.24 bits per heavy atom. The van der Waals surface area contributed by atoms with Crippen molar-refractivity contribution in [3.63, 3.8) is 0 Å². The van der Waals surface area contributed by atoms with Crippen molar-refractivity contribution in [2.45, 2.75) is 19.3 Å². The molecule has 0 aliphatic carbocycles. The molecule has 1 heterocycles. The minimum atomic E-state index is -0.769. The maximum absolute atomic E-state index is 12.1. The summed E-state index contributed by atoms with van der Waals surface area (Å²) < 4.78 is 0.979. The number of amides is 1. The lowest BCUT2D eigenvalue weighted by molar-refractivity contribution is -0.137. The molecule has 2 rings (SSSR count). The molecule has 1 aromatic rings. The molecule has 0 aromatic heterocycles. The van der Waals surface area contributed by atoms with Gasteiger partial charge >= 0.3 is 5.97 Å². The van der Waals surface area contributed by atoms with E-state index in [1.165, 1.54) is 0 Å². The lowest BCUT2D eigenvalue weighted by Crippen LogP contribution is -2.26. The van der Waals surface area contributed by atoms with E-state index in [0.717, 1.165) is 16.5 Å². The van der Waals surface area contributed by atoms with E-state index in [1.807, 2.05) is 24.3 Å². The number of hydrogen-bond donors (Lipinski definition) is 1. The predicted molar refractivity (Wildman–Crippen MR) is 84.7 cm³/mol. The van der Waals surface area contributed by atoms with Crippen molar-refractivity contribution in [1.82, 2.24) is 4.90 Å². The van der Waals surface area contributed by atoms with Gasteiger partial charge in [-0.05, 0) is 42.5 Å². The van der Waals surface area contributed by atoms with Gasteiger partial charge in [0.2, 0.25) is 5.91 Å². The molecular formula is C16H18BrNO3. The van der Waals surface area contributed by atoms with Gasteiger partial charge in [-0.1, -0.05) is 28.1 Å². The van der Waals surface area contributed by atoms with Crippen LogP contribution in [0, 0.1) is 5.92 Å². The van der Waals surface area contributed by atoms with E-state index >= 15 is 0 Å². The van der Waals surface area contributed by atoms with Crippen LogP contribution in [0.25, 0.3) is 6.08 Å². The monoisotopic (exact) mass is 351 g/mol. The Morgan fingerprint density at radius 3 is 2.95 bits per heavy atom. The molecule has 1 aromatic carbocycles. The first-order valence-electron chi connectivity index (χ1n) is 6.99. The van der Waals surface area contributed by atoms with Crippen molar-refractivity contribution in [2.75, 3.05) is 13.1 Å². The molecular weight excluding hydrogens is 334 g/mol. The Hall–Kier alpha value is -1.62. The van der Waals surface area contributed by atoms with Crippen LogP contribution in [-0.2, 0) is 9.59 Å². The van der Waals surface area contributed by atoms with Crippen LogP contribution in [0.4, 0.5) is 0 Å². The summed E-state index contributed by atoms with van der Waals surface area (Å²) in [6, 6.07) is 7.75. The van der Waals surface area contributed by atoms with E-state index in [4.69, 9.17) is 5.11 Å². The van der Waals surface area contributed by atoms with Gasteiger partial charge in [-0.15, -0.1) is 0 Å². The lowest BCUT2D eigenvalue weighted by atomic mass is 10.0. The first kappa shape index (κ1) is 15.8. The molecule has 1 unspecified atom stereocenters. The average molecular weight is 352 g/mol. The number of carbonyl (C=O) groups is 2. The zero-order chi connectivity index (χ0) is 15.2. The van der Waals surface area contributed by atoms with Crippen molar-refractivity contribution in [3.8, 4) is 0 Å². The first-order chi connectivity index (χ1) is 10.0. The summed E-state index contributed by atoms with van der Waals surface area (Å²) in [6.45, 7) is 1.38. The molecule has 4 nitrogen and oxygen atoms in total. The molecule has 21 heavy (non-hydrogen) atoms. The third-order valence-corrected chi connectivity index (χ3v) is 4.12. The van der Waals surface area contributed by atoms with Crippen molar-refractivity contribution in [1.29, 1.82) is 0 Å². The van der Waals surface area contributed by atoms with Crippen LogP contribution in [0.1, 0.15) is 24.8 Å². The molecule has 0 spiro atoms. The van der Waals surface area contributed by atoms with Crippen molar-refractivity contribution >= 4 is 33.9 Å². The van der Waals surface area contributed by atoms with Crippen LogP contribution in [0.15, 0.2) is 34.8 Å². The summed E-state index contributed by atoms with van der Waals surface area (Å²) in [4.78, 5) is 24.5. The Labute approximate surface area is 132 Å². The Morgan fingerprint density at radius 1 is 1.43 bits per heavy atom. The SMILES string of the molecule is O=C(O)CCC1CCN(C(=O)/C=C/c2cccc(Br)c2)C1. The highest BCUT2D eigenvalue weighted by molar-refractivity contribution is 9.10. The summed E-state index contributed by atoms with van der Waals surface area (Å²) >= 11 is 3.40. The van der Waals surface area contributed by atoms with Crippen molar-refractivity contribution in [2.24, 2.45) is 5.92 Å². The fraction of sp³-hybridized carbons (Fsp3) is 0.375. The van der Waals surface area contributed by atoms with E-state index in [1.54, 1.807) is 17.1 Å². The topological polar surface area (TPSA) is 57.6 Å². The third kappa shape index (κ3) is 5.01. The molecule has 1 saturated heterocycles. The van der Waals surface area contributed by atoms with Gasteiger partial charge in [-0.25, -0.2) is 0 Å². The largest absolute Gasteiger partial charge is 0.481 e. The fourth-order valence-electron chi connectivity index (χ4n) is 2.48. The summed E-state index contributed by atoms with van der Waals surface area (Å²) in [7, 11) is 0. The summed E-state index contributed by atoms with van der Waals surface area (Å²) in [6.07, 6.45) is 5.11. The number of rotatable bonds is 5. The smallest absolute Gasteiger partial charge is 0.303 e. The highest BCUT2D eigenvalue weighted by Crippen LogP contribution is 2.21. The van der Waals surface area contributed by atoms with E-state index in [0.29, 0.717) is 25.4 Å². The zero-order valence-electron chi connectivity index (χ0n) is 11.7. The predicted octanol–water partition coefficient (Wildman–Crippen LogP) is 3.18. The molecule has 1 atom stereocenters. The highest BCUT2D eigenvalue weighted by Gasteiger charge is 2.25. The number of hydrogen-bond acceptors (Lipinski definition) is 2. The van der Waals surface area contributed by atoms with Crippen LogP contribution < -0.4 is 0 Å². The molecule has 1 aliphatic heterocycles. The van der Waals surface area contributed by atoms with Gasteiger partial charge < -0.3 is 10.0 Å². The molecule has 5 heteroatoms. The second-order valence-electron chi connectivity index (χ2n) is 5.26. The fourth-order valence-corrected chi connectivity index (χ4v) is 2.90. The number of halogens is 1. The Bertz CT molecular complexity index is 556. The molecule has 0 bridgehead atoms. The van der Waals surface area contributed by atoms with Crippen LogP contribution in [0.5, 0.6) is 0 Å². The summed E-state index contributed by atoms with van der Waals surface area (Å²) in [5.74, 6) is -0.466. The highest BCUT2D eigenvalue weighted by atomic mass is 79.9. The van der Waals surface area contributed by atoms with Gasteiger partial charge in [0, 0.05) is 30.1 Å². The standard InChI is InChI=1S/C16H18BrNO3/c17-14-3-1-2-12(10-14)4-6-15(19)18-9-8-13(11-18)5-7-16(20)21/h1-4,6,10,13H,5,7-9,11H2,(H,20,21)/b6-4+. The summed E-state index contributed by atoms with van der Waals surface area (Å²) in [5, 5.41) is 8.69. The Kier molecular flexibility index (Phi) is 5.56. The second-order valence-corrected chi connectivity index (χ2v) is 6.18.